The van der Waals surface area contributed by atoms with E-state index in [2.05, 4.69) is 10.6 Å². The summed E-state index contributed by atoms with van der Waals surface area (Å²) in [5.74, 6) is -3.60. The minimum atomic E-state index is -1.15. The summed E-state index contributed by atoms with van der Waals surface area (Å²) in [5, 5.41) is 4.84. The summed E-state index contributed by atoms with van der Waals surface area (Å²) >= 11 is 1.15. The van der Waals surface area contributed by atoms with Crippen LogP contribution in [0.4, 0.5) is 13.2 Å². The van der Waals surface area contributed by atoms with Gasteiger partial charge in [-0.25, -0.2) is 13.2 Å². The molecule has 132 valence electrons. The van der Waals surface area contributed by atoms with Crippen molar-refractivity contribution in [3.63, 3.8) is 0 Å². The SMILES string of the molecule is CNC(=O)C(NC(=O)CSc1ccc(F)cc1)c1ccc(F)c(F)c1. The molecule has 2 N–H and O–H groups in total. The standard InChI is InChI=1S/C17H15F3N2O2S/c1-21-17(24)16(10-2-7-13(19)14(20)8-10)22-15(23)9-25-12-5-3-11(18)4-6-12/h2-8,16H,9H2,1H3,(H,21,24)(H,22,23). The summed E-state index contributed by atoms with van der Waals surface area (Å²) in [6, 6.07) is 7.43. The number of thioether (sulfide) groups is 1. The maximum atomic E-state index is 13.4. The average molecular weight is 368 g/mol. The second-order valence-electron chi connectivity index (χ2n) is 5.03. The van der Waals surface area contributed by atoms with Crippen LogP contribution in [0.1, 0.15) is 11.6 Å². The van der Waals surface area contributed by atoms with Gasteiger partial charge in [0, 0.05) is 11.9 Å². The van der Waals surface area contributed by atoms with Crippen LogP contribution < -0.4 is 10.6 Å². The van der Waals surface area contributed by atoms with E-state index < -0.39 is 29.5 Å². The van der Waals surface area contributed by atoms with E-state index in [0.717, 1.165) is 23.9 Å². The third-order valence-electron chi connectivity index (χ3n) is 3.27. The van der Waals surface area contributed by atoms with E-state index in [1.807, 2.05) is 0 Å². The summed E-state index contributed by atoms with van der Waals surface area (Å²) in [5.41, 5.74) is 0.124. The van der Waals surface area contributed by atoms with Gasteiger partial charge in [0.25, 0.3) is 0 Å². The Morgan fingerprint density at radius 3 is 2.32 bits per heavy atom. The van der Waals surface area contributed by atoms with E-state index >= 15 is 0 Å². The summed E-state index contributed by atoms with van der Waals surface area (Å²) in [6.45, 7) is 0. The molecule has 2 aromatic rings. The molecule has 1 unspecified atom stereocenters. The predicted molar refractivity (Wildman–Crippen MR) is 88.4 cm³/mol. The van der Waals surface area contributed by atoms with Crippen LogP contribution in [0.3, 0.4) is 0 Å². The molecule has 0 fully saturated rings. The highest BCUT2D eigenvalue weighted by molar-refractivity contribution is 8.00. The highest BCUT2D eigenvalue weighted by atomic mass is 32.2. The lowest BCUT2D eigenvalue weighted by atomic mass is 10.1. The maximum absolute atomic E-state index is 13.4. The van der Waals surface area contributed by atoms with Gasteiger partial charge in [0.1, 0.15) is 11.9 Å². The van der Waals surface area contributed by atoms with Crippen LogP contribution in [0.2, 0.25) is 0 Å². The molecule has 25 heavy (non-hydrogen) atoms. The average Bonchev–Trinajstić information content (AvgIpc) is 2.61. The number of amides is 2. The summed E-state index contributed by atoms with van der Waals surface area (Å²) in [7, 11) is 1.37. The van der Waals surface area contributed by atoms with Crippen LogP contribution >= 0.6 is 11.8 Å². The summed E-state index contributed by atoms with van der Waals surface area (Å²) < 4.78 is 39.3. The third-order valence-corrected chi connectivity index (χ3v) is 4.29. The van der Waals surface area contributed by atoms with Crippen molar-refractivity contribution in [3.05, 3.63) is 65.5 Å². The Labute approximate surface area is 146 Å². The first-order valence-electron chi connectivity index (χ1n) is 7.25. The normalized spacial score (nSPS) is 11.7. The van der Waals surface area contributed by atoms with Gasteiger partial charge in [0.05, 0.1) is 5.75 Å². The fourth-order valence-corrected chi connectivity index (χ4v) is 2.73. The molecule has 0 radical (unpaired) electrons. The van der Waals surface area contributed by atoms with E-state index in [4.69, 9.17) is 0 Å². The third kappa shape index (κ3) is 5.25. The fourth-order valence-electron chi connectivity index (χ4n) is 2.02. The smallest absolute Gasteiger partial charge is 0.246 e. The minimum Gasteiger partial charge on any atom is -0.357 e. The van der Waals surface area contributed by atoms with E-state index in [1.54, 1.807) is 0 Å². The molecule has 2 rings (SSSR count). The van der Waals surface area contributed by atoms with Crippen molar-refractivity contribution in [2.24, 2.45) is 0 Å². The van der Waals surface area contributed by atoms with Crippen molar-refractivity contribution in [1.29, 1.82) is 0 Å². The Morgan fingerprint density at radius 1 is 1.04 bits per heavy atom. The Kier molecular flexibility index (Phi) is 6.46. The monoisotopic (exact) mass is 368 g/mol. The molecule has 8 heteroatoms. The largest absolute Gasteiger partial charge is 0.357 e. The van der Waals surface area contributed by atoms with Crippen molar-refractivity contribution in [2.75, 3.05) is 12.8 Å². The minimum absolute atomic E-state index is 0.0250. The van der Waals surface area contributed by atoms with E-state index in [1.165, 1.54) is 37.4 Å². The van der Waals surface area contributed by atoms with Gasteiger partial charge in [-0.05, 0) is 42.0 Å². The number of carbonyl (C=O) groups is 2. The van der Waals surface area contributed by atoms with Crippen molar-refractivity contribution in [1.82, 2.24) is 10.6 Å². The number of likely N-dealkylation sites (N-methyl/N-ethyl adjacent to an activating group) is 1. The van der Waals surface area contributed by atoms with Crippen LogP contribution in [0, 0.1) is 17.5 Å². The molecular formula is C17H15F3N2O2S. The number of nitrogens with one attached hydrogen (secondary N) is 2. The molecule has 0 aliphatic rings. The number of benzene rings is 2. The first-order valence-corrected chi connectivity index (χ1v) is 8.23. The Bertz CT molecular complexity index is 769. The lowest BCUT2D eigenvalue weighted by molar-refractivity contribution is -0.127. The lowest BCUT2D eigenvalue weighted by Gasteiger charge is -2.18. The molecule has 0 aliphatic carbocycles. The predicted octanol–water partition coefficient (Wildman–Crippen LogP) is 2.80. The summed E-state index contributed by atoms with van der Waals surface area (Å²) in [4.78, 5) is 24.7. The van der Waals surface area contributed by atoms with Crippen LogP contribution in [0.25, 0.3) is 0 Å². The van der Waals surface area contributed by atoms with Gasteiger partial charge in [0.15, 0.2) is 11.6 Å². The molecule has 0 bridgehead atoms. The molecule has 1 atom stereocenters. The first-order chi connectivity index (χ1) is 11.9. The van der Waals surface area contributed by atoms with Gasteiger partial charge in [-0.2, -0.15) is 0 Å². The lowest BCUT2D eigenvalue weighted by Crippen LogP contribution is -2.39. The topological polar surface area (TPSA) is 58.2 Å². The quantitative estimate of drug-likeness (QED) is 0.771. The maximum Gasteiger partial charge on any atom is 0.246 e. The Balaban J connectivity index is 2.05. The number of halogens is 3. The van der Waals surface area contributed by atoms with Crippen molar-refractivity contribution >= 4 is 23.6 Å². The molecule has 4 nitrogen and oxygen atoms in total. The zero-order chi connectivity index (χ0) is 18.4. The molecular weight excluding hydrogens is 353 g/mol. The first kappa shape index (κ1) is 18.9. The summed E-state index contributed by atoms with van der Waals surface area (Å²) in [6.07, 6.45) is 0. The van der Waals surface area contributed by atoms with Gasteiger partial charge >= 0.3 is 0 Å². The van der Waals surface area contributed by atoms with Crippen molar-refractivity contribution < 1.29 is 22.8 Å². The van der Waals surface area contributed by atoms with Gasteiger partial charge in [-0.15, -0.1) is 11.8 Å². The molecule has 0 aliphatic heterocycles. The number of hydrogen-bond acceptors (Lipinski definition) is 3. The number of carbonyl (C=O) groups excluding carboxylic acids is 2. The second kappa shape index (κ2) is 8.57. The van der Waals surface area contributed by atoms with Crippen molar-refractivity contribution in [3.8, 4) is 0 Å². The molecule has 0 spiro atoms. The molecule has 0 heterocycles. The highest BCUT2D eigenvalue weighted by Gasteiger charge is 2.23. The Hall–Kier alpha value is -2.48. The highest BCUT2D eigenvalue weighted by Crippen LogP contribution is 2.20. The molecule has 0 saturated heterocycles. The van der Waals surface area contributed by atoms with E-state index in [-0.39, 0.29) is 17.1 Å². The fraction of sp³-hybridized carbons (Fsp3) is 0.176. The van der Waals surface area contributed by atoms with Crippen molar-refractivity contribution in [2.45, 2.75) is 10.9 Å². The number of rotatable bonds is 6. The molecule has 0 saturated carbocycles. The van der Waals surface area contributed by atoms with Gasteiger partial charge in [-0.3, -0.25) is 9.59 Å². The van der Waals surface area contributed by atoms with E-state index in [0.29, 0.717) is 4.90 Å². The second-order valence-corrected chi connectivity index (χ2v) is 6.08. The van der Waals surface area contributed by atoms with Gasteiger partial charge < -0.3 is 10.6 Å². The van der Waals surface area contributed by atoms with E-state index in [9.17, 15) is 22.8 Å². The molecule has 0 aromatic heterocycles. The van der Waals surface area contributed by atoms with Crippen LogP contribution in [-0.2, 0) is 9.59 Å². The zero-order valence-electron chi connectivity index (χ0n) is 13.2. The van der Waals surface area contributed by atoms with Crippen LogP contribution in [0.5, 0.6) is 0 Å². The van der Waals surface area contributed by atoms with Gasteiger partial charge in [0.2, 0.25) is 11.8 Å². The van der Waals surface area contributed by atoms with Crippen LogP contribution in [0.15, 0.2) is 47.4 Å². The number of hydrogen-bond donors (Lipinski definition) is 2. The molecule has 2 aromatic carbocycles. The van der Waals surface area contributed by atoms with Crippen LogP contribution in [-0.4, -0.2) is 24.6 Å². The van der Waals surface area contributed by atoms with Gasteiger partial charge in [-0.1, -0.05) is 6.07 Å². The zero-order valence-corrected chi connectivity index (χ0v) is 14.0. The Morgan fingerprint density at radius 2 is 1.72 bits per heavy atom. The molecule has 2 amide bonds.